The van der Waals surface area contributed by atoms with Gasteiger partial charge in [-0.1, -0.05) is 12.1 Å². The summed E-state index contributed by atoms with van der Waals surface area (Å²) in [6, 6.07) is 9.16. The van der Waals surface area contributed by atoms with Crippen molar-refractivity contribution in [2.24, 2.45) is 0 Å². The van der Waals surface area contributed by atoms with Gasteiger partial charge in [0.2, 0.25) is 0 Å². The van der Waals surface area contributed by atoms with Crippen molar-refractivity contribution in [2.75, 3.05) is 33.2 Å². The van der Waals surface area contributed by atoms with Gasteiger partial charge in [-0.05, 0) is 31.0 Å². The zero-order chi connectivity index (χ0) is 13.4. The van der Waals surface area contributed by atoms with E-state index in [0.29, 0.717) is 0 Å². The average molecular weight is 269 g/mol. The molecule has 0 aliphatic heterocycles. The quantitative estimate of drug-likeness (QED) is 0.582. The maximum atomic E-state index is 5.37. The second-order valence-corrected chi connectivity index (χ2v) is 7.29. The summed E-state index contributed by atoms with van der Waals surface area (Å²) in [4.78, 5) is 0. The molecule has 1 N–H and O–H groups in total. The van der Waals surface area contributed by atoms with Crippen LogP contribution in [0, 0.1) is 6.92 Å². The summed E-state index contributed by atoms with van der Waals surface area (Å²) >= 11 is 0. The lowest BCUT2D eigenvalue weighted by molar-refractivity contribution is 0.123. The van der Waals surface area contributed by atoms with Crippen LogP contribution in [0.2, 0.25) is 6.04 Å². The Morgan fingerprint density at radius 1 is 1.11 bits per heavy atom. The van der Waals surface area contributed by atoms with Crippen molar-refractivity contribution in [1.82, 2.24) is 0 Å². The SMILES string of the molecule is CO[Si](CCCNc1cccc(C)c1)(OC)OC. The zero-order valence-electron chi connectivity index (χ0n) is 11.7. The summed E-state index contributed by atoms with van der Waals surface area (Å²) in [5.41, 5.74) is 2.41. The topological polar surface area (TPSA) is 39.7 Å². The fraction of sp³-hybridized carbons (Fsp3) is 0.538. The van der Waals surface area contributed by atoms with Crippen LogP contribution >= 0.6 is 0 Å². The van der Waals surface area contributed by atoms with E-state index >= 15 is 0 Å². The van der Waals surface area contributed by atoms with Crippen molar-refractivity contribution in [3.8, 4) is 0 Å². The van der Waals surface area contributed by atoms with E-state index in [1.54, 1.807) is 21.3 Å². The molecule has 102 valence electrons. The van der Waals surface area contributed by atoms with Crippen LogP contribution in [0.4, 0.5) is 5.69 Å². The lowest BCUT2D eigenvalue weighted by Crippen LogP contribution is -2.42. The van der Waals surface area contributed by atoms with Gasteiger partial charge in [-0.15, -0.1) is 0 Å². The van der Waals surface area contributed by atoms with E-state index in [-0.39, 0.29) is 0 Å². The summed E-state index contributed by atoms with van der Waals surface area (Å²) in [7, 11) is 2.53. The molecule has 0 saturated heterocycles. The van der Waals surface area contributed by atoms with Gasteiger partial charge < -0.3 is 18.6 Å². The van der Waals surface area contributed by atoms with Gasteiger partial charge in [0.25, 0.3) is 0 Å². The van der Waals surface area contributed by atoms with Crippen LogP contribution in [0.15, 0.2) is 24.3 Å². The largest absolute Gasteiger partial charge is 0.500 e. The first-order chi connectivity index (χ1) is 8.65. The third-order valence-corrected chi connectivity index (χ3v) is 5.77. The molecule has 0 aromatic heterocycles. The molecule has 0 unspecified atom stereocenters. The van der Waals surface area contributed by atoms with E-state index in [0.717, 1.165) is 24.7 Å². The number of hydrogen-bond donors (Lipinski definition) is 1. The molecule has 5 heteroatoms. The molecule has 0 fully saturated rings. The van der Waals surface area contributed by atoms with Crippen molar-refractivity contribution in [3.05, 3.63) is 29.8 Å². The van der Waals surface area contributed by atoms with Crippen molar-refractivity contribution >= 4 is 14.5 Å². The highest BCUT2D eigenvalue weighted by Crippen LogP contribution is 2.15. The first-order valence-corrected chi connectivity index (χ1v) is 8.05. The molecule has 1 aromatic carbocycles. The molecule has 0 saturated carbocycles. The molecule has 0 aliphatic rings. The molecule has 4 nitrogen and oxygen atoms in total. The molecule has 0 radical (unpaired) electrons. The molecule has 0 aliphatic carbocycles. The van der Waals surface area contributed by atoms with Crippen LogP contribution in [-0.4, -0.2) is 36.7 Å². The first-order valence-electron chi connectivity index (χ1n) is 6.12. The normalized spacial score (nSPS) is 11.6. The third kappa shape index (κ3) is 4.42. The molecule has 0 heterocycles. The number of anilines is 1. The Bertz CT molecular complexity index is 348. The van der Waals surface area contributed by atoms with Gasteiger partial charge >= 0.3 is 8.80 Å². The minimum absolute atomic E-state index is 0.815. The number of benzene rings is 1. The van der Waals surface area contributed by atoms with Gasteiger partial charge in [0.1, 0.15) is 0 Å². The van der Waals surface area contributed by atoms with Crippen LogP contribution in [0.3, 0.4) is 0 Å². The highest BCUT2D eigenvalue weighted by Gasteiger charge is 2.36. The molecule has 0 spiro atoms. The van der Waals surface area contributed by atoms with Crippen molar-refractivity contribution in [1.29, 1.82) is 0 Å². The van der Waals surface area contributed by atoms with Gasteiger partial charge in [0.15, 0.2) is 0 Å². The smallest absolute Gasteiger partial charge is 0.385 e. The second-order valence-electron chi connectivity index (χ2n) is 4.20. The summed E-state index contributed by atoms with van der Waals surface area (Å²) in [6.07, 6.45) is 0.954. The van der Waals surface area contributed by atoms with Gasteiger partial charge in [-0.25, -0.2) is 0 Å². The summed E-state index contributed by atoms with van der Waals surface area (Å²) in [6.45, 7) is 2.97. The molecule has 0 bridgehead atoms. The number of aryl methyl sites for hydroxylation is 1. The highest BCUT2D eigenvalue weighted by atomic mass is 28.4. The lowest BCUT2D eigenvalue weighted by Gasteiger charge is -2.24. The second kappa shape index (κ2) is 7.53. The molecule has 1 aromatic rings. The lowest BCUT2D eigenvalue weighted by atomic mass is 10.2. The van der Waals surface area contributed by atoms with Crippen LogP contribution in [0.1, 0.15) is 12.0 Å². The van der Waals surface area contributed by atoms with Gasteiger partial charge in [0.05, 0.1) is 0 Å². The van der Waals surface area contributed by atoms with Crippen molar-refractivity contribution in [3.63, 3.8) is 0 Å². The zero-order valence-corrected chi connectivity index (χ0v) is 12.7. The molecule has 0 amide bonds. The minimum atomic E-state index is -2.41. The van der Waals surface area contributed by atoms with Gasteiger partial charge in [0, 0.05) is 39.6 Å². The minimum Gasteiger partial charge on any atom is -0.385 e. The molecular formula is C13H23NO3Si. The van der Waals surface area contributed by atoms with E-state index in [2.05, 4.69) is 36.5 Å². The average Bonchev–Trinajstić information content (AvgIpc) is 2.40. The Hall–Kier alpha value is -0.883. The Kier molecular flexibility index (Phi) is 6.35. The maximum Gasteiger partial charge on any atom is 0.500 e. The standard InChI is InChI=1S/C13H23NO3Si/c1-12-7-5-8-13(11-12)14-9-6-10-18(15-2,16-3)17-4/h5,7-8,11,14H,6,9-10H2,1-4H3. The highest BCUT2D eigenvalue weighted by molar-refractivity contribution is 6.60. The maximum absolute atomic E-state index is 5.37. The summed E-state index contributed by atoms with van der Waals surface area (Å²) in [5.74, 6) is 0. The summed E-state index contributed by atoms with van der Waals surface area (Å²) < 4.78 is 16.1. The van der Waals surface area contributed by atoms with Crippen LogP contribution in [-0.2, 0) is 13.3 Å². The molecule has 0 atom stereocenters. The Morgan fingerprint density at radius 2 is 1.78 bits per heavy atom. The fourth-order valence-corrected chi connectivity index (χ4v) is 3.57. The monoisotopic (exact) mass is 269 g/mol. The van der Waals surface area contributed by atoms with E-state index in [4.69, 9.17) is 13.3 Å². The number of nitrogens with one attached hydrogen (secondary N) is 1. The van der Waals surface area contributed by atoms with E-state index in [1.165, 1.54) is 5.56 Å². The predicted octanol–water partition coefficient (Wildman–Crippen LogP) is 2.68. The molecule has 18 heavy (non-hydrogen) atoms. The molecular weight excluding hydrogens is 246 g/mol. The van der Waals surface area contributed by atoms with Crippen LogP contribution in [0.5, 0.6) is 0 Å². The van der Waals surface area contributed by atoms with Gasteiger partial charge in [-0.3, -0.25) is 0 Å². The Labute approximate surface area is 111 Å². The van der Waals surface area contributed by atoms with Crippen LogP contribution in [0.25, 0.3) is 0 Å². The number of rotatable bonds is 8. The number of hydrogen-bond acceptors (Lipinski definition) is 4. The van der Waals surface area contributed by atoms with Crippen LogP contribution < -0.4 is 5.32 Å². The van der Waals surface area contributed by atoms with Crippen molar-refractivity contribution < 1.29 is 13.3 Å². The van der Waals surface area contributed by atoms with Crippen molar-refractivity contribution in [2.45, 2.75) is 19.4 Å². The molecule has 1 rings (SSSR count). The fourth-order valence-electron chi connectivity index (χ4n) is 1.85. The van der Waals surface area contributed by atoms with E-state index in [9.17, 15) is 0 Å². The third-order valence-electron chi connectivity index (χ3n) is 2.94. The van der Waals surface area contributed by atoms with Gasteiger partial charge in [-0.2, -0.15) is 0 Å². The Morgan fingerprint density at radius 3 is 2.33 bits per heavy atom. The predicted molar refractivity (Wildman–Crippen MR) is 75.9 cm³/mol. The van der Waals surface area contributed by atoms with E-state index < -0.39 is 8.80 Å². The Balaban J connectivity index is 2.34. The first kappa shape index (κ1) is 15.2. The summed E-state index contributed by atoms with van der Waals surface area (Å²) in [5, 5.41) is 3.39. The van der Waals surface area contributed by atoms with E-state index in [1.807, 2.05) is 0 Å².